The number of carbonyl (C=O) groups excluding carboxylic acids is 3. The molecule has 0 bridgehead atoms. The van der Waals surface area contributed by atoms with Gasteiger partial charge in [-0.15, -0.1) is 0 Å². The van der Waals surface area contributed by atoms with Crippen LogP contribution in [0.15, 0.2) is 42.5 Å². The third-order valence-corrected chi connectivity index (χ3v) is 6.38. The van der Waals surface area contributed by atoms with Crippen LogP contribution in [0, 0.1) is 0 Å². The molecular weight excluding hydrogens is 380 g/mol. The standard InChI is InChI=1S/C24H24N2O4/c27-22(25-20-12-13-30-21-9-5-4-8-18(20)21)15-10-11-17-19(14-15)24(29)26(23(17)28)16-6-2-1-3-7-16/h4-5,8-11,14,16,20H,1-3,6-7,12-13H2,(H,25,27)/t20-/m1/s1. The molecule has 1 saturated carbocycles. The molecule has 3 aliphatic rings. The third kappa shape index (κ3) is 3.16. The Bertz CT molecular complexity index is 1030. The topological polar surface area (TPSA) is 75.7 Å². The number of benzene rings is 2. The number of amides is 3. The van der Waals surface area contributed by atoms with Crippen molar-refractivity contribution in [3.05, 3.63) is 64.7 Å². The molecule has 2 aromatic carbocycles. The summed E-state index contributed by atoms with van der Waals surface area (Å²) < 4.78 is 5.66. The largest absolute Gasteiger partial charge is 0.493 e. The van der Waals surface area contributed by atoms with Crippen molar-refractivity contribution in [1.29, 1.82) is 0 Å². The average Bonchev–Trinajstić information content (AvgIpc) is 3.04. The summed E-state index contributed by atoms with van der Waals surface area (Å²) in [5.74, 6) is 0.0305. The zero-order valence-electron chi connectivity index (χ0n) is 16.7. The lowest BCUT2D eigenvalue weighted by atomic mass is 9.94. The maximum absolute atomic E-state index is 13.0. The highest BCUT2D eigenvalue weighted by Gasteiger charge is 2.40. The van der Waals surface area contributed by atoms with Gasteiger partial charge in [0.2, 0.25) is 0 Å². The predicted molar refractivity (Wildman–Crippen MR) is 111 cm³/mol. The average molecular weight is 404 g/mol. The molecule has 6 nitrogen and oxygen atoms in total. The van der Waals surface area contributed by atoms with Crippen molar-refractivity contribution < 1.29 is 19.1 Å². The van der Waals surface area contributed by atoms with Crippen LogP contribution in [-0.2, 0) is 0 Å². The first-order chi connectivity index (χ1) is 14.6. The van der Waals surface area contributed by atoms with Gasteiger partial charge >= 0.3 is 0 Å². The summed E-state index contributed by atoms with van der Waals surface area (Å²) in [6.45, 7) is 0.537. The summed E-state index contributed by atoms with van der Waals surface area (Å²) in [6, 6.07) is 12.3. The Morgan fingerprint density at radius 3 is 2.53 bits per heavy atom. The van der Waals surface area contributed by atoms with Gasteiger partial charge in [0.05, 0.1) is 23.8 Å². The summed E-state index contributed by atoms with van der Waals surface area (Å²) in [5.41, 5.74) is 2.08. The third-order valence-electron chi connectivity index (χ3n) is 6.38. The van der Waals surface area contributed by atoms with Crippen molar-refractivity contribution in [2.24, 2.45) is 0 Å². The zero-order valence-corrected chi connectivity index (χ0v) is 16.7. The van der Waals surface area contributed by atoms with E-state index in [1.54, 1.807) is 18.2 Å². The van der Waals surface area contributed by atoms with Crippen LogP contribution in [0.5, 0.6) is 5.75 Å². The van der Waals surface area contributed by atoms with E-state index in [-0.39, 0.29) is 29.8 Å². The maximum atomic E-state index is 13.0. The van der Waals surface area contributed by atoms with E-state index in [0.29, 0.717) is 29.7 Å². The number of nitrogens with one attached hydrogen (secondary N) is 1. The van der Waals surface area contributed by atoms with Gasteiger partial charge in [0.25, 0.3) is 17.7 Å². The van der Waals surface area contributed by atoms with E-state index in [1.165, 1.54) is 4.90 Å². The summed E-state index contributed by atoms with van der Waals surface area (Å²) in [6.07, 6.45) is 5.64. The molecule has 0 saturated heterocycles. The van der Waals surface area contributed by atoms with E-state index in [2.05, 4.69) is 5.32 Å². The molecule has 2 aromatic rings. The van der Waals surface area contributed by atoms with E-state index >= 15 is 0 Å². The number of para-hydroxylation sites is 1. The fourth-order valence-corrected chi connectivity index (χ4v) is 4.81. The van der Waals surface area contributed by atoms with Crippen molar-refractivity contribution in [2.45, 2.75) is 50.6 Å². The highest BCUT2D eigenvalue weighted by atomic mass is 16.5. The lowest BCUT2D eigenvalue weighted by Gasteiger charge is -2.29. The van der Waals surface area contributed by atoms with Crippen LogP contribution in [0.25, 0.3) is 0 Å². The van der Waals surface area contributed by atoms with Crippen LogP contribution in [0.3, 0.4) is 0 Å². The molecule has 154 valence electrons. The monoisotopic (exact) mass is 404 g/mol. The summed E-state index contributed by atoms with van der Waals surface area (Å²) in [5, 5.41) is 3.05. The molecule has 1 N–H and O–H groups in total. The number of rotatable bonds is 3. The second-order valence-electron chi connectivity index (χ2n) is 8.23. The molecule has 1 atom stereocenters. The summed E-state index contributed by atoms with van der Waals surface area (Å²) >= 11 is 0. The Hall–Kier alpha value is -3.15. The van der Waals surface area contributed by atoms with Gasteiger partial charge in [-0.1, -0.05) is 37.5 Å². The minimum Gasteiger partial charge on any atom is -0.493 e. The van der Waals surface area contributed by atoms with Gasteiger partial charge < -0.3 is 10.1 Å². The van der Waals surface area contributed by atoms with Gasteiger partial charge in [0.1, 0.15) is 5.75 Å². The lowest BCUT2D eigenvalue weighted by Crippen LogP contribution is -2.40. The van der Waals surface area contributed by atoms with Crippen molar-refractivity contribution in [2.75, 3.05) is 6.61 Å². The highest BCUT2D eigenvalue weighted by Crippen LogP contribution is 2.33. The van der Waals surface area contributed by atoms with Crippen LogP contribution < -0.4 is 10.1 Å². The van der Waals surface area contributed by atoms with Crippen LogP contribution in [0.1, 0.15) is 81.2 Å². The molecule has 1 fully saturated rings. The van der Waals surface area contributed by atoms with Crippen LogP contribution in [0.4, 0.5) is 0 Å². The van der Waals surface area contributed by atoms with Gasteiger partial charge in [0, 0.05) is 23.6 Å². The Morgan fingerprint density at radius 1 is 0.933 bits per heavy atom. The quantitative estimate of drug-likeness (QED) is 0.788. The molecule has 5 rings (SSSR count). The Morgan fingerprint density at radius 2 is 1.70 bits per heavy atom. The van der Waals surface area contributed by atoms with Crippen LogP contribution >= 0.6 is 0 Å². The van der Waals surface area contributed by atoms with E-state index in [0.717, 1.165) is 43.4 Å². The molecule has 0 unspecified atom stereocenters. The first-order valence-corrected chi connectivity index (χ1v) is 10.7. The van der Waals surface area contributed by atoms with E-state index < -0.39 is 0 Å². The van der Waals surface area contributed by atoms with Gasteiger partial charge in [-0.25, -0.2) is 0 Å². The molecule has 3 amide bonds. The lowest BCUT2D eigenvalue weighted by molar-refractivity contribution is 0.0548. The molecule has 2 aliphatic heterocycles. The number of hydrogen-bond acceptors (Lipinski definition) is 4. The van der Waals surface area contributed by atoms with Crippen LogP contribution in [0.2, 0.25) is 0 Å². The number of imide groups is 1. The Kier molecular flexibility index (Phi) is 4.77. The van der Waals surface area contributed by atoms with Crippen molar-refractivity contribution in [3.63, 3.8) is 0 Å². The fourth-order valence-electron chi connectivity index (χ4n) is 4.81. The SMILES string of the molecule is O=C(N[C@@H]1CCOc2ccccc21)c1ccc2c(c1)C(=O)N(C1CCCCC1)C2=O. The molecule has 0 aromatic heterocycles. The number of carbonyl (C=O) groups is 3. The smallest absolute Gasteiger partial charge is 0.261 e. The number of ether oxygens (including phenoxy) is 1. The Labute approximate surface area is 175 Å². The van der Waals surface area contributed by atoms with Crippen molar-refractivity contribution >= 4 is 17.7 Å². The molecule has 6 heteroatoms. The fraction of sp³-hybridized carbons (Fsp3) is 0.375. The van der Waals surface area contributed by atoms with Crippen molar-refractivity contribution in [3.8, 4) is 5.75 Å². The first-order valence-electron chi connectivity index (χ1n) is 10.7. The minimum absolute atomic E-state index is 0.0258. The van der Waals surface area contributed by atoms with Gasteiger partial charge in [-0.3, -0.25) is 19.3 Å². The number of hydrogen-bond donors (Lipinski definition) is 1. The van der Waals surface area contributed by atoms with E-state index in [1.807, 2.05) is 24.3 Å². The zero-order chi connectivity index (χ0) is 20.7. The number of fused-ring (bicyclic) bond motifs is 2. The Balaban J connectivity index is 1.37. The van der Waals surface area contributed by atoms with Gasteiger partial charge in [-0.05, 0) is 37.1 Å². The molecule has 2 heterocycles. The van der Waals surface area contributed by atoms with Gasteiger partial charge in [-0.2, -0.15) is 0 Å². The second-order valence-corrected chi connectivity index (χ2v) is 8.23. The maximum Gasteiger partial charge on any atom is 0.261 e. The van der Waals surface area contributed by atoms with Crippen molar-refractivity contribution in [1.82, 2.24) is 10.2 Å². The number of nitrogens with zero attached hydrogens (tertiary/aromatic N) is 1. The van der Waals surface area contributed by atoms with Crippen LogP contribution in [-0.4, -0.2) is 35.3 Å². The molecule has 0 spiro atoms. The van der Waals surface area contributed by atoms with Gasteiger partial charge in [0.15, 0.2) is 0 Å². The van der Waals surface area contributed by atoms with E-state index in [9.17, 15) is 14.4 Å². The summed E-state index contributed by atoms with van der Waals surface area (Å²) in [7, 11) is 0. The molecule has 30 heavy (non-hydrogen) atoms. The first kappa shape index (κ1) is 18.9. The van der Waals surface area contributed by atoms with E-state index in [4.69, 9.17) is 4.74 Å². The molecular formula is C24H24N2O4. The summed E-state index contributed by atoms with van der Waals surface area (Å²) in [4.78, 5) is 40.2. The highest BCUT2D eigenvalue weighted by molar-refractivity contribution is 6.22. The molecule has 1 aliphatic carbocycles. The molecule has 0 radical (unpaired) electrons. The normalized spacial score (nSPS) is 21.1. The second kappa shape index (κ2) is 7.59. The minimum atomic E-state index is -0.270. The predicted octanol–water partition coefficient (Wildman–Crippen LogP) is 3.87.